The molecule has 13 nitrogen and oxygen atoms in total. The van der Waals surface area contributed by atoms with Crippen LogP contribution in [0.5, 0.6) is 0 Å². The summed E-state index contributed by atoms with van der Waals surface area (Å²) in [5, 5.41) is 35.3. The van der Waals surface area contributed by atoms with E-state index >= 15 is 0 Å². The maximum absolute atomic E-state index is 12.0. The second-order valence-corrected chi connectivity index (χ2v) is 5.37. The van der Waals surface area contributed by atoms with Gasteiger partial charge in [-0.05, 0) is 6.92 Å². The molecule has 5 N–H and O–H groups in total. The minimum atomic E-state index is -1.59. The molecule has 2 rings (SSSR count). The average Bonchev–Trinajstić information content (AvgIpc) is 3.09. The van der Waals surface area contributed by atoms with Gasteiger partial charge in [0.25, 0.3) is 0 Å². The van der Waals surface area contributed by atoms with E-state index in [0.717, 1.165) is 0 Å². The number of carbonyl (C=O) groups is 3. The fourth-order valence-electron chi connectivity index (χ4n) is 2.00. The molecule has 0 radical (unpaired) electrons. The fourth-order valence-corrected chi connectivity index (χ4v) is 2.00. The molecule has 0 spiro atoms. The van der Waals surface area contributed by atoms with Crippen LogP contribution in [0.1, 0.15) is 25.3 Å². The van der Waals surface area contributed by atoms with Crippen LogP contribution >= 0.6 is 0 Å². The van der Waals surface area contributed by atoms with Crippen LogP contribution in [0.4, 0.5) is 4.79 Å². The smallest absolute Gasteiger partial charge is 0.328 e. The number of hydrogen-bond acceptors (Lipinski definition) is 9. The van der Waals surface area contributed by atoms with E-state index in [2.05, 4.69) is 25.4 Å². The van der Waals surface area contributed by atoms with Gasteiger partial charge in [0.05, 0.1) is 18.7 Å². The third-order valence-electron chi connectivity index (χ3n) is 3.25. The zero-order valence-electron chi connectivity index (χ0n) is 13.9. The standard InChI is InChI=1S/C14H16N6O7/c1-6(21)10(13(24)25)18-14(26)17-7(4-9(22)23)12-19-11(20-27-12)8-5-15-2-3-16-8/h2-3,5-7,10,21H,4H2,1H3,(H,22,23)(H,24,25)(H2,17,18,26)/t6?,7-,10-/m0/s1. The van der Waals surface area contributed by atoms with E-state index in [1.807, 2.05) is 5.32 Å². The zero-order chi connectivity index (χ0) is 20.0. The van der Waals surface area contributed by atoms with Crippen LogP contribution in [-0.4, -0.2) is 65.5 Å². The van der Waals surface area contributed by atoms with Crippen LogP contribution in [0.15, 0.2) is 23.1 Å². The van der Waals surface area contributed by atoms with E-state index in [9.17, 15) is 19.5 Å². The third-order valence-corrected chi connectivity index (χ3v) is 3.25. The van der Waals surface area contributed by atoms with Crippen LogP contribution in [0.2, 0.25) is 0 Å². The van der Waals surface area contributed by atoms with E-state index in [1.165, 1.54) is 25.5 Å². The van der Waals surface area contributed by atoms with Gasteiger partial charge in [0, 0.05) is 12.4 Å². The number of rotatable bonds is 8. The number of aliphatic carboxylic acids is 2. The second kappa shape index (κ2) is 8.66. The molecule has 0 bridgehead atoms. The van der Waals surface area contributed by atoms with E-state index in [-0.39, 0.29) is 17.4 Å². The summed E-state index contributed by atoms with van der Waals surface area (Å²) in [7, 11) is 0. The highest BCUT2D eigenvalue weighted by Crippen LogP contribution is 2.19. The topological polar surface area (TPSA) is 201 Å². The fraction of sp³-hybridized carbons (Fsp3) is 0.357. The Labute approximate surface area is 151 Å². The van der Waals surface area contributed by atoms with Gasteiger partial charge in [0.1, 0.15) is 11.7 Å². The summed E-state index contributed by atoms with van der Waals surface area (Å²) < 4.78 is 4.98. The maximum Gasteiger partial charge on any atom is 0.328 e. The molecule has 2 amide bonds. The molecule has 0 aliphatic carbocycles. The Balaban J connectivity index is 2.16. The number of carboxylic acid groups (broad SMARTS) is 2. The summed E-state index contributed by atoms with van der Waals surface area (Å²) >= 11 is 0. The molecule has 0 aliphatic rings. The molecule has 0 saturated heterocycles. The molecule has 144 valence electrons. The number of amides is 2. The quantitative estimate of drug-likeness (QED) is 0.383. The Morgan fingerprint density at radius 3 is 2.52 bits per heavy atom. The molecule has 1 unspecified atom stereocenters. The van der Waals surface area contributed by atoms with E-state index in [0.29, 0.717) is 0 Å². The summed E-state index contributed by atoms with van der Waals surface area (Å²) in [4.78, 5) is 45.9. The van der Waals surface area contributed by atoms with Crippen molar-refractivity contribution in [3.8, 4) is 11.5 Å². The highest BCUT2D eigenvalue weighted by atomic mass is 16.5. The van der Waals surface area contributed by atoms with Crippen molar-refractivity contribution in [2.24, 2.45) is 0 Å². The van der Waals surface area contributed by atoms with Crippen LogP contribution in [0.25, 0.3) is 11.5 Å². The van der Waals surface area contributed by atoms with Crippen molar-refractivity contribution in [2.45, 2.75) is 31.5 Å². The highest BCUT2D eigenvalue weighted by Gasteiger charge is 2.29. The SMILES string of the molecule is CC(O)[C@H](NC(=O)N[C@@H](CC(=O)O)c1nc(-c2cnccn2)no1)C(=O)O. The van der Waals surface area contributed by atoms with Crippen LogP contribution in [-0.2, 0) is 9.59 Å². The Hall–Kier alpha value is -3.61. The first-order chi connectivity index (χ1) is 12.8. The van der Waals surface area contributed by atoms with Crippen LogP contribution < -0.4 is 10.6 Å². The minimum Gasteiger partial charge on any atom is -0.481 e. The molecule has 2 heterocycles. The number of aliphatic hydroxyl groups excluding tert-OH is 1. The van der Waals surface area contributed by atoms with Crippen molar-refractivity contribution in [1.82, 2.24) is 30.7 Å². The van der Waals surface area contributed by atoms with Gasteiger partial charge in [-0.15, -0.1) is 0 Å². The molecule has 0 saturated carbocycles. The first-order valence-electron chi connectivity index (χ1n) is 7.57. The number of nitrogens with zero attached hydrogens (tertiary/aromatic N) is 4. The molecule has 27 heavy (non-hydrogen) atoms. The normalized spacial score (nSPS) is 14.0. The monoisotopic (exact) mass is 380 g/mol. The van der Waals surface area contributed by atoms with Crippen molar-refractivity contribution >= 4 is 18.0 Å². The second-order valence-electron chi connectivity index (χ2n) is 5.37. The lowest BCUT2D eigenvalue weighted by molar-refractivity contribution is -0.142. The lowest BCUT2D eigenvalue weighted by Gasteiger charge is -2.19. The number of aromatic nitrogens is 4. The zero-order valence-corrected chi connectivity index (χ0v) is 13.9. The molecule has 0 fully saturated rings. The Morgan fingerprint density at radius 2 is 1.96 bits per heavy atom. The predicted octanol–water partition coefficient (Wildman–Crippen LogP) is -0.824. The molecule has 13 heteroatoms. The van der Waals surface area contributed by atoms with Gasteiger partial charge in [0.2, 0.25) is 11.7 Å². The molecule has 0 aromatic carbocycles. The van der Waals surface area contributed by atoms with Crippen molar-refractivity contribution in [3.05, 3.63) is 24.5 Å². The van der Waals surface area contributed by atoms with E-state index in [4.69, 9.17) is 14.7 Å². The minimum absolute atomic E-state index is 0.0306. The number of nitrogens with one attached hydrogen (secondary N) is 2. The summed E-state index contributed by atoms with van der Waals surface area (Å²) in [5.41, 5.74) is 0.270. The number of urea groups is 1. The first-order valence-corrected chi connectivity index (χ1v) is 7.57. The Bertz CT molecular complexity index is 809. The molecule has 2 aromatic heterocycles. The lowest BCUT2D eigenvalue weighted by atomic mass is 10.2. The van der Waals surface area contributed by atoms with Crippen molar-refractivity contribution in [2.75, 3.05) is 0 Å². The van der Waals surface area contributed by atoms with Gasteiger partial charge in [-0.1, -0.05) is 5.16 Å². The highest BCUT2D eigenvalue weighted by molar-refractivity contribution is 5.83. The molecular formula is C14H16N6O7. The van der Waals surface area contributed by atoms with Crippen LogP contribution in [0.3, 0.4) is 0 Å². The van der Waals surface area contributed by atoms with E-state index in [1.54, 1.807) is 0 Å². The largest absolute Gasteiger partial charge is 0.481 e. The van der Waals surface area contributed by atoms with Gasteiger partial charge in [-0.2, -0.15) is 4.98 Å². The number of carbonyl (C=O) groups excluding carboxylic acids is 1. The van der Waals surface area contributed by atoms with E-state index < -0.39 is 42.6 Å². The van der Waals surface area contributed by atoms with Gasteiger partial charge >= 0.3 is 18.0 Å². The molecule has 2 aromatic rings. The predicted molar refractivity (Wildman–Crippen MR) is 85.1 cm³/mol. The van der Waals surface area contributed by atoms with Gasteiger partial charge < -0.3 is 30.5 Å². The lowest BCUT2D eigenvalue weighted by Crippen LogP contribution is -2.51. The number of hydrogen-bond donors (Lipinski definition) is 5. The van der Waals surface area contributed by atoms with Crippen molar-refractivity contribution < 1.29 is 34.2 Å². The van der Waals surface area contributed by atoms with Crippen molar-refractivity contribution in [1.29, 1.82) is 0 Å². The van der Waals surface area contributed by atoms with Gasteiger partial charge in [0.15, 0.2) is 6.04 Å². The first kappa shape index (κ1) is 19.7. The molecular weight excluding hydrogens is 364 g/mol. The van der Waals surface area contributed by atoms with Crippen LogP contribution in [0, 0.1) is 0 Å². The summed E-state index contributed by atoms with van der Waals surface area (Å²) in [5.74, 6) is -2.93. The number of aliphatic hydroxyl groups is 1. The molecule has 3 atom stereocenters. The van der Waals surface area contributed by atoms with Gasteiger partial charge in [-0.3, -0.25) is 9.78 Å². The Kier molecular flexibility index (Phi) is 6.32. The summed E-state index contributed by atoms with van der Waals surface area (Å²) in [6.45, 7) is 1.18. The maximum atomic E-state index is 12.0. The summed E-state index contributed by atoms with van der Waals surface area (Å²) in [6, 6.07) is -3.87. The average molecular weight is 380 g/mol. The molecule has 0 aliphatic heterocycles. The van der Waals surface area contributed by atoms with Crippen molar-refractivity contribution in [3.63, 3.8) is 0 Å². The van der Waals surface area contributed by atoms with Gasteiger partial charge in [-0.25, -0.2) is 14.6 Å². The number of carboxylic acids is 2. The Morgan fingerprint density at radius 1 is 1.22 bits per heavy atom. The third kappa shape index (κ3) is 5.43. The summed E-state index contributed by atoms with van der Waals surface area (Å²) in [6.07, 6.45) is 2.21.